The van der Waals surface area contributed by atoms with Crippen molar-refractivity contribution in [3.63, 3.8) is 0 Å². The van der Waals surface area contributed by atoms with Crippen molar-refractivity contribution >= 4 is 0 Å². The van der Waals surface area contributed by atoms with Crippen LogP contribution in [0.4, 0.5) is 0 Å². The average Bonchev–Trinajstić information content (AvgIpc) is 3.16. The van der Waals surface area contributed by atoms with E-state index in [9.17, 15) is 0 Å². The van der Waals surface area contributed by atoms with E-state index < -0.39 is 0 Å². The third-order valence-electron chi connectivity index (χ3n) is 8.70. The van der Waals surface area contributed by atoms with E-state index in [0.29, 0.717) is 10.8 Å². The summed E-state index contributed by atoms with van der Waals surface area (Å²) in [6.45, 7) is 9.50. The van der Waals surface area contributed by atoms with Crippen molar-refractivity contribution in [2.75, 3.05) is 0 Å². The smallest absolute Gasteiger partial charge is 0.00871 e. The van der Waals surface area contributed by atoms with Crippen LogP contribution in [0.1, 0.15) is 81.0 Å². The van der Waals surface area contributed by atoms with Gasteiger partial charge in [0.15, 0.2) is 0 Å². The molecule has 27 heavy (non-hydrogen) atoms. The van der Waals surface area contributed by atoms with Crippen LogP contribution < -0.4 is 0 Å². The summed E-state index contributed by atoms with van der Waals surface area (Å²) in [7, 11) is 0. The Morgan fingerprint density at radius 1 is 0.852 bits per heavy atom. The Bertz CT molecular complexity index is 891. The van der Waals surface area contributed by atoms with Crippen molar-refractivity contribution in [2.24, 2.45) is 11.8 Å². The second-order valence-electron chi connectivity index (χ2n) is 9.86. The number of aryl methyl sites for hydroxylation is 2. The fraction of sp³-hybridized carbons (Fsp3) is 0.556. The summed E-state index contributed by atoms with van der Waals surface area (Å²) in [6, 6.07) is 14.7. The standard InChI is InChI=1S/C27H34/c1-5-6-7-21-13-15-26-20(4)12-14-27(21,26)25-17-19(3)9-11-23(25)22-10-8-18(2)16-24(22)26/h8-11,16-17,20-21H,5-7,12-15H2,1-4H3/t20?,21?,26-,27-/m1/s1. The van der Waals surface area contributed by atoms with Gasteiger partial charge in [-0.25, -0.2) is 0 Å². The van der Waals surface area contributed by atoms with Gasteiger partial charge in [0, 0.05) is 10.8 Å². The fourth-order valence-corrected chi connectivity index (χ4v) is 7.64. The molecular formula is C27H34. The quantitative estimate of drug-likeness (QED) is 0.533. The zero-order valence-corrected chi connectivity index (χ0v) is 17.6. The average molecular weight is 359 g/mol. The highest BCUT2D eigenvalue weighted by molar-refractivity contribution is 5.79. The molecule has 0 radical (unpaired) electrons. The van der Waals surface area contributed by atoms with Crippen LogP contribution in [0.3, 0.4) is 0 Å². The minimum atomic E-state index is 0.369. The lowest BCUT2D eigenvalue weighted by atomic mass is 9.51. The van der Waals surface area contributed by atoms with Crippen molar-refractivity contribution in [2.45, 2.75) is 83.5 Å². The zero-order valence-electron chi connectivity index (χ0n) is 17.6. The van der Waals surface area contributed by atoms with E-state index in [1.54, 1.807) is 16.7 Å². The Hall–Kier alpha value is -1.56. The predicted molar refractivity (Wildman–Crippen MR) is 115 cm³/mol. The maximum atomic E-state index is 2.58. The molecule has 2 aromatic carbocycles. The van der Waals surface area contributed by atoms with Crippen LogP contribution in [0, 0.1) is 25.7 Å². The number of fused-ring (bicyclic) bond motifs is 3. The largest absolute Gasteiger partial charge is 0.0654 e. The molecule has 0 bridgehead atoms. The number of unbranched alkanes of at least 4 members (excludes halogenated alkanes) is 1. The van der Waals surface area contributed by atoms with Crippen LogP contribution in [0.2, 0.25) is 0 Å². The van der Waals surface area contributed by atoms with Gasteiger partial charge >= 0.3 is 0 Å². The minimum absolute atomic E-state index is 0.369. The van der Waals surface area contributed by atoms with Crippen molar-refractivity contribution < 1.29 is 0 Å². The summed E-state index contributed by atoms with van der Waals surface area (Å²) in [5.74, 6) is 1.65. The molecule has 2 unspecified atom stereocenters. The van der Waals surface area contributed by atoms with Gasteiger partial charge in [-0.3, -0.25) is 0 Å². The summed E-state index contributed by atoms with van der Waals surface area (Å²) in [5.41, 5.74) is 10.1. The van der Waals surface area contributed by atoms with E-state index in [2.05, 4.69) is 64.1 Å². The van der Waals surface area contributed by atoms with E-state index in [-0.39, 0.29) is 0 Å². The maximum Gasteiger partial charge on any atom is 0.00871 e. The number of hydrogen-bond acceptors (Lipinski definition) is 0. The van der Waals surface area contributed by atoms with Gasteiger partial charge in [0.25, 0.3) is 0 Å². The molecule has 4 atom stereocenters. The third kappa shape index (κ3) is 2.05. The first-order valence-electron chi connectivity index (χ1n) is 11.3. The van der Waals surface area contributed by atoms with Gasteiger partial charge in [0.2, 0.25) is 0 Å². The molecule has 2 fully saturated rings. The normalized spacial score (nSPS) is 33.3. The predicted octanol–water partition coefficient (Wildman–Crippen LogP) is 7.49. The van der Waals surface area contributed by atoms with Crippen LogP contribution in [-0.2, 0) is 10.8 Å². The molecule has 3 aliphatic carbocycles. The highest BCUT2D eigenvalue weighted by atomic mass is 14.7. The van der Waals surface area contributed by atoms with Gasteiger partial charge in [-0.15, -0.1) is 0 Å². The van der Waals surface area contributed by atoms with E-state index in [4.69, 9.17) is 0 Å². The lowest BCUT2D eigenvalue weighted by Gasteiger charge is -2.52. The highest BCUT2D eigenvalue weighted by Gasteiger charge is 2.68. The number of rotatable bonds is 3. The van der Waals surface area contributed by atoms with E-state index >= 15 is 0 Å². The molecule has 0 heterocycles. The topological polar surface area (TPSA) is 0 Å². The summed E-state index contributed by atoms with van der Waals surface area (Å²) < 4.78 is 0. The lowest BCUT2D eigenvalue weighted by Crippen LogP contribution is -2.49. The van der Waals surface area contributed by atoms with Gasteiger partial charge in [0.1, 0.15) is 0 Å². The van der Waals surface area contributed by atoms with Gasteiger partial charge in [-0.2, -0.15) is 0 Å². The molecule has 2 aromatic rings. The Morgan fingerprint density at radius 3 is 2.07 bits per heavy atom. The van der Waals surface area contributed by atoms with Crippen molar-refractivity contribution in [1.29, 1.82) is 0 Å². The van der Waals surface area contributed by atoms with Gasteiger partial charge in [-0.1, -0.05) is 74.2 Å². The van der Waals surface area contributed by atoms with E-state index in [0.717, 1.165) is 11.8 Å². The van der Waals surface area contributed by atoms with E-state index in [1.807, 2.05) is 0 Å². The molecule has 142 valence electrons. The Labute approximate surface area is 165 Å². The first-order valence-corrected chi connectivity index (χ1v) is 11.3. The fourth-order valence-electron chi connectivity index (χ4n) is 7.64. The van der Waals surface area contributed by atoms with Gasteiger partial charge in [-0.05, 0) is 80.0 Å². The Kier molecular flexibility index (Phi) is 3.87. The van der Waals surface area contributed by atoms with Crippen molar-refractivity contribution in [3.05, 3.63) is 58.7 Å². The van der Waals surface area contributed by atoms with E-state index in [1.165, 1.54) is 61.6 Å². The SMILES string of the molecule is CCCCC1CC[C@@]23c4cc(C)ccc4-c4ccc(C)cc4[C@@]12CCC3C. The molecule has 0 spiro atoms. The van der Waals surface area contributed by atoms with Crippen LogP contribution >= 0.6 is 0 Å². The summed E-state index contributed by atoms with van der Waals surface area (Å²) >= 11 is 0. The summed E-state index contributed by atoms with van der Waals surface area (Å²) in [6.07, 6.45) is 9.73. The number of hydrogen-bond donors (Lipinski definition) is 0. The first-order chi connectivity index (χ1) is 13.0. The van der Waals surface area contributed by atoms with Gasteiger partial charge < -0.3 is 0 Å². The molecule has 5 rings (SSSR count). The Morgan fingerprint density at radius 2 is 1.44 bits per heavy atom. The monoisotopic (exact) mass is 358 g/mol. The highest BCUT2D eigenvalue weighted by Crippen LogP contribution is 2.73. The lowest BCUT2D eigenvalue weighted by molar-refractivity contribution is 0.195. The van der Waals surface area contributed by atoms with Crippen LogP contribution in [0.15, 0.2) is 36.4 Å². The molecule has 0 amide bonds. The molecule has 0 aromatic heterocycles. The molecule has 0 saturated heterocycles. The first kappa shape index (κ1) is 17.5. The zero-order chi connectivity index (χ0) is 18.8. The van der Waals surface area contributed by atoms with Crippen molar-refractivity contribution in [1.82, 2.24) is 0 Å². The van der Waals surface area contributed by atoms with Gasteiger partial charge in [0.05, 0.1) is 0 Å². The van der Waals surface area contributed by atoms with Crippen LogP contribution in [0.25, 0.3) is 11.1 Å². The molecule has 0 nitrogen and oxygen atoms in total. The molecule has 0 N–H and O–H groups in total. The second-order valence-corrected chi connectivity index (χ2v) is 9.86. The third-order valence-corrected chi connectivity index (χ3v) is 8.70. The molecule has 0 aliphatic heterocycles. The van der Waals surface area contributed by atoms with Crippen LogP contribution in [-0.4, -0.2) is 0 Å². The van der Waals surface area contributed by atoms with Crippen LogP contribution in [0.5, 0.6) is 0 Å². The molecular weight excluding hydrogens is 324 g/mol. The molecule has 2 saturated carbocycles. The van der Waals surface area contributed by atoms with Crippen molar-refractivity contribution in [3.8, 4) is 11.1 Å². The summed E-state index contributed by atoms with van der Waals surface area (Å²) in [4.78, 5) is 0. The minimum Gasteiger partial charge on any atom is -0.0654 e. The summed E-state index contributed by atoms with van der Waals surface area (Å²) in [5, 5.41) is 0. The number of benzene rings is 2. The second kappa shape index (κ2) is 5.97. The molecule has 3 aliphatic rings. The maximum absolute atomic E-state index is 2.58. The Balaban J connectivity index is 1.85. The molecule has 0 heteroatoms.